The van der Waals surface area contributed by atoms with Crippen LogP contribution in [-0.4, -0.2) is 16.3 Å². The Labute approximate surface area is 50.6 Å². The van der Waals surface area contributed by atoms with E-state index in [0.717, 1.165) is 0 Å². The largest absolute Gasteiger partial charge is 0.326 e. The number of aldehydes is 1. The van der Waals surface area contributed by atoms with Gasteiger partial charge in [0.1, 0.15) is 0 Å². The maximum atomic E-state index is 10.5. The van der Waals surface area contributed by atoms with E-state index in [0.29, 0.717) is 6.29 Å². The van der Waals surface area contributed by atoms with Gasteiger partial charge >= 0.3 is 0 Å². The molecule has 0 saturated carbocycles. The van der Waals surface area contributed by atoms with Gasteiger partial charge in [-0.2, -0.15) is 0 Å². The standard InChI is InChI=1S/C5H4N2O2/c8-3-4-5(9)7-2-1-6-4/h1-3H,(H,7,9). The first kappa shape index (κ1) is 5.68. The van der Waals surface area contributed by atoms with Crippen LogP contribution in [0.4, 0.5) is 0 Å². The number of nitrogens with zero attached hydrogens (tertiary/aromatic N) is 1. The Hall–Kier alpha value is -1.45. The minimum absolute atomic E-state index is 0.0856. The number of carbonyl (C=O) groups is 1. The lowest BCUT2D eigenvalue weighted by atomic mass is 10.5. The van der Waals surface area contributed by atoms with Crippen molar-refractivity contribution in [1.82, 2.24) is 9.97 Å². The molecule has 46 valence electrons. The molecule has 1 aromatic heterocycles. The minimum Gasteiger partial charge on any atom is -0.326 e. The van der Waals surface area contributed by atoms with Crippen LogP contribution in [0.5, 0.6) is 0 Å². The molecular formula is C5H4N2O2. The molecular weight excluding hydrogens is 120 g/mol. The third-order valence-electron chi connectivity index (χ3n) is 0.847. The Balaban J connectivity index is 3.32. The van der Waals surface area contributed by atoms with Crippen molar-refractivity contribution < 1.29 is 4.79 Å². The Morgan fingerprint density at radius 2 is 2.44 bits per heavy atom. The molecule has 1 heterocycles. The lowest BCUT2D eigenvalue weighted by Gasteiger charge is -1.82. The summed E-state index contributed by atoms with van der Waals surface area (Å²) in [5, 5.41) is 0. The second-order valence-electron chi connectivity index (χ2n) is 1.42. The lowest BCUT2D eigenvalue weighted by Crippen LogP contribution is -2.12. The molecule has 0 aromatic carbocycles. The van der Waals surface area contributed by atoms with Gasteiger partial charge in [-0.1, -0.05) is 0 Å². The highest BCUT2D eigenvalue weighted by atomic mass is 16.1. The zero-order valence-corrected chi connectivity index (χ0v) is 4.50. The van der Waals surface area contributed by atoms with Gasteiger partial charge in [0, 0.05) is 12.4 Å². The number of hydrogen-bond acceptors (Lipinski definition) is 3. The SMILES string of the molecule is O=Cc1ncc[nH]c1=O. The summed E-state index contributed by atoms with van der Waals surface area (Å²) in [6.45, 7) is 0. The molecule has 1 aromatic rings. The molecule has 0 spiro atoms. The van der Waals surface area contributed by atoms with E-state index in [-0.39, 0.29) is 5.69 Å². The Morgan fingerprint density at radius 1 is 1.67 bits per heavy atom. The van der Waals surface area contributed by atoms with Gasteiger partial charge in [0.25, 0.3) is 5.56 Å². The maximum absolute atomic E-state index is 10.5. The van der Waals surface area contributed by atoms with Crippen molar-refractivity contribution in [2.45, 2.75) is 0 Å². The first-order valence-electron chi connectivity index (χ1n) is 2.33. The van der Waals surface area contributed by atoms with Gasteiger partial charge in [-0.05, 0) is 0 Å². The van der Waals surface area contributed by atoms with Gasteiger partial charge in [-0.3, -0.25) is 9.59 Å². The quantitative estimate of drug-likeness (QED) is 0.517. The molecule has 0 fully saturated rings. The third kappa shape index (κ3) is 1.02. The number of aromatic amines is 1. The Morgan fingerprint density at radius 3 is 2.89 bits per heavy atom. The van der Waals surface area contributed by atoms with Gasteiger partial charge in [0.2, 0.25) is 0 Å². The van der Waals surface area contributed by atoms with Crippen LogP contribution in [-0.2, 0) is 0 Å². The van der Waals surface area contributed by atoms with Gasteiger partial charge in [0.15, 0.2) is 12.0 Å². The molecule has 4 nitrogen and oxygen atoms in total. The molecule has 0 amide bonds. The van der Waals surface area contributed by atoms with Gasteiger partial charge in [-0.25, -0.2) is 4.98 Å². The molecule has 0 atom stereocenters. The van der Waals surface area contributed by atoms with Crippen LogP contribution in [0, 0.1) is 0 Å². The monoisotopic (exact) mass is 124 g/mol. The summed E-state index contributed by atoms with van der Waals surface area (Å²) < 4.78 is 0. The predicted octanol–water partition coefficient (Wildman–Crippen LogP) is -0.418. The van der Waals surface area contributed by atoms with Gasteiger partial charge in [0.05, 0.1) is 0 Å². The molecule has 0 unspecified atom stereocenters. The zero-order valence-electron chi connectivity index (χ0n) is 4.50. The van der Waals surface area contributed by atoms with E-state index < -0.39 is 5.56 Å². The normalized spacial score (nSPS) is 8.89. The van der Waals surface area contributed by atoms with E-state index in [2.05, 4.69) is 9.97 Å². The summed E-state index contributed by atoms with van der Waals surface area (Å²) in [6, 6.07) is 0. The fourth-order valence-corrected chi connectivity index (χ4v) is 0.447. The fraction of sp³-hybridized carbons (Fsp3) is 0. The van der Waals surface area contributed by atoms with E-state index in [9.17, 15) is 9.59 Å². The van der Waals surface area contributed by atoms with Gasteiger partial charge in [-0.15, -0.1) is 0 Å². The van der Waals surface area contributed by atoms with E-state index in [1.54, 1.807) is 0 Å². The molecule has 1 N–H and O–H groups in total. The molecule has 0 saturated heterocycles. The Bertz CT molecular complexity index is 266. The van der Waals surface area contributed by atoms with Crippen molar-refractivity contribution in [3.63, 3.8) is 0 Å². The van der Waals surface area contributed by atoms with Crippen molar-refractivity contribution in [2.24, 2.45) is 0 Å². The smallest absolute Gasteiger partial charge is 0.277 e. The van der Waals surface area contributed by atoms with Crippen molar-refractivity contribution >= 4 is 6.29 Å². The zero-order chi connectivity index (χ0) is 6.69. The fourth-order valence-electron chi connectivity index (χ4n) is 0.447. The highest BCUT2D eigenvalue weighted by Crippen LogP contribution is 1.72. The summed E-state index contributed by atoms with van der Waals surface area (Å²) in [6.07, 6.45) is 3.14. The van der Waals surface area contributed by atoms with Crippen LogP contribution in [0.25, 0.3) is 0 Å². The molecule has 0 bridgehead atoms. The minimum atomic E-state index is -0.451. The third-order valence-corrected chi connectivity index (χ3v) is 0.847. The van der Waals surface area contributed by atoms with Crippen LogP contribution < -0.4 is 5.56 Å². The number of nitrogens with one attached hydrogen (secondary N) is 1. The second-order valence-corrected chi connectivity index (χ2v) is 1.42. The molecule has 9 heavy (non-hydrogen) atoms. The van der Waals surface area contributed by atoms with Crippen LogP contribution >= 0.6 is 0 Å². The van der Waals surface area contributed by atoms with Crippen molar-refractivity contribution in [3.8, 4) is 0 Å². The molecule has 0 radical (unpaired) electrons. The van der Waals surface area contributed by atoms with E-state index >= 15 is 0 Å². The van der Waals surface area contributed by atoms with Crippen LogP contribution in [0.1, 0.15) is 10.5 Å². The topological polar surface area (TPSA) is 62.8 Å². The van der Waals surface area contributed by atoms with Crippen molar-refractivity contribution in [2.75, 3.05) is 0 Å². The predicted molar refractivity (Wildman–Crippen MR) is 30.2 cm³/mol. The summed E-state index contributed by atoms with van der Waals surface area (Å²) in [5.41, 5.74) is -0.537. The molecule has 0 aliphatic heterocycles. The summed E-state index contributed by atoms with van der Waals surface area (Å²) >= 11 is 0. The van der Waals surface area contributed by atoms with Crippen LogP contribution in [0.3, 0.4) is 0 Å². The summed E-state index contributed by atoms with van der Waals surface area (Å²) in [4.78, 5) is 26.2. The van der Waals surface area contributed by atoms with Crippen molar-refractivity contribution in [1.29, 1.82) is 0 Å². The first-order chi connectivity index (χ1) is 4.34. The number of rotatable bonds is 1. The Kier molecular flexibility index (Phi) is 1.40. The van der Waals surface area contributed by atoms with Crippen molar-refractivity contribution in [3.05, 3.63) is 28.4 Å². The molecule has 0 aliphatic carbocycles. The van der Waals surface area contributed by atoms with Crippen LogP contribution in [0.15, 0.2) is 17.2 Å². The van der Waals surface area contributed by atoms with Gasteiger partial charge < -0.3 is 4.98 Å². The van der Waals surface area contributed by atoms with E-state index in [4.69, 9.17) is 0 Å². The lowest BCUT2D eigenvalue weighted by molar-refractivity contribution is 0.111. The van der Waals surface area contributed by atoms with E-state index in [1.165, 1.54) is 12.4 Å². The second kappa shape index (κ2) is 2.21. The summed E-state index contributed by atoms with van der Waals surface area (Å²) in [7, 11) is 0. The highest BCUT2D eigenvalue weighted by Gasteiger charge is 1.92. The average Bonchev–Trinajstić information content (AvgIpc) is 1.89. The summed E-state index contributed by atoms with van der Waals surface area (Å²) in [5.74, 6) is 0. The highest BCUT2D eigenvalue weighted by molar-refractivity contribution is 5.70. The number of aromatic nitrogens is 2. The van der Waals surface area contributed by atoms with Crippen LogP contribution in [0.2, 0.25) is 0 Å². The maximum Gasteiger partial charge on any atom is 0.277 e. The molecule has 4 heteroatoms. The first-order valence-corrected chi connectivity index (χ1v) is 2.33. The molecule has 1 rings (SSSR count). The number of hydrogen-bond donors (Lipinski definition) is 1. The number of carbonyl (C=O) groups excluding carboxylic acids is 1. The van der Waals surface area contributed by atoms with E-state index in [1.807, 2.05) is 0 Å². The number of H-pyrrole nitrogens is 1. The average molecular weight is 124 g/mol. The molecule has 0 aliphatic rings.